The molecular weight excluding hydrogens is 264 g/mol. The van der Waals surface area contributed by atoms with Crippen LogP contribution in [0.3, 0.4) is 0 Å². The molecule has 0 saturated carbocycles. The van der Waals surface area contributed by atoms with E-state index in [2.05, 4.69) is 5.32 Å². The maximum Gasteiger partial charge on any atom is 0.207 e. The fourth-order valence-corrected chi connectivity index (χ4v) is 1.96. The first-order valence-corrected chi connectivity index (χ1v) is 6.02. The second-order valence-corrected chi connectivity index (χ2v) is 4.24. The summed E-state index contributed by atoms with van der Waals surface area (Å²) in [5.74, 6) is -1.80. The van der Waals surface area contributed by atoms with E-state index in [0.717, 1.165) is 6.07 Å². The Balaban J connectivity index is 2.32. The molecule has 0 fully saturated rings. The van der Waals surface area contributed by atoms with E-state index in [0.29, 0.717) is 17.5 Å². The van der Waals surface area contributed by atoms with Crippen molar-refractivity contribution in [2.45, 2.75) is 6.04 Å². The van der Waals surface area contributed by atoms with Crippen LogP contribution >= 0.6 is 0 Å². The van der Waals surface area contributed by atoms with Gasteiger partial charge in [-0.3, -0.25) is 4.79 Å². The van der Waals surface area contributed by atoms with Crippen LogP contribution in [-0.4, -0.2) is 18.1 Å². The molecule has 1 atom stereocenters. The summed E-state index contributed by atoms with van der Waals surface area (Å²) in [5, 5.41) is 11.6. The third-order valence-corrected chi connectivity index (χ3v) is 3.03. The highest BCUT2D eigenvalue weighted by Gasteiger charge is 2.12. The van der Waals surface area contributed by atoms with Gasteiger partial charge in [-0.25, -0.2) is 8.78 Å². The Morgan fingerprint density at radius 2 is 1.85 bits per heavy atom. The number of carbonyl (C=O) groups excluding carboxylic acids is 1. The molecule has 0 heterocycles. The minimum Gasteiger partial charge on any atom is -0.394 e. The number of carbonyl (C=O) groups is 1. The molecule has 0 unspecified atom stereocenters. The van der Waals surface area contributed by atoms with Crippen molar-refractivity contribution in [3.63, 3.8) is 0 Å². The molecule has 0 bridgehead atoms. The number of hydrogen-bond donors (Lipinski definition) is 2. The van der Waals surface area contributed by atoms with E-state index in [1.807, 2.05) is 0 Å². The maximum absolute atomic E-state index is 13.7. The molecule has 20 heavy (non-hydrogen) atoms. The Bertz CT molecular complexity index is 599. The lowest BCUT2D eigenvalue weighted by Crippen LogP contribution is -2.22. The summed E-state index contributed by atoms with van der Waals surface area (Å²) in [4.78, 5) is 10.4. The topological polar surface area (TPSA) is 49.3 Å². The number of aliphatic hydroxyl groups excluding tert-OH is 1. The van der Waals surface area contributed by atoms with Crippen LogP contribution < -0.4 is 5.32 Å². The van der Waals surface area contributed by atoms with Gasteiger partial charge in [0, 0.05) is 5.56 Å². The van der Waals surface area contributed by atoms with Gasteiger partial charge in [0.25, 0.3) is 0 Å². The van der Waals surface area contributed by atoms with Crippen molar-refractivity contribution in [2.24, 2.45) is 0 Å². The van der Waals surface area contributed by atoms with Crippen molar-refractivity contribution in [3.05, 3.63) is 59.7 Å². The molecule has 0 aromatic heterocycles. The lowest BCUT2D eigenvalue weighted by atomic mass is 10.0. The first-order chi connectivity index (χ1) is 9.67. The molecule has 2 aromatic carbocycles. The fraction of sp³-hybridized carbons (Fsp3) is 0.133. The van der Waals surface area contributed by atoms with Crippen LogP contribution in [0.1, 0.15) is 11.6 Å². The minimum atomic E-state index is -0.901. The summed E-state index contributed by atoms with van der Waals surface area (Å²) in [5.41, 5.74) is 1.37. The Kier molecular flexibility index (Phi) is 4.42. The number of amides is 1. The van der Waals surface area contributed by atoms with Gasteiger partial charge in [-0.05, 0) is 17.2 Å². The van der Waals surface area contributed by atoms with Crippen LogP contribution in [0.2, 0.25) is 0 Å². The highest BCUT2D eigenvalue weighted by atomic mass is 19.2. The molecule has 0 aliphatic carbocycles. The minimum absolute atomic E-state index is 0.167. The van der Waals surface area contributed by atoms with Gasteiger partial charge in [-0.1, -0.05) is 36.4 Å². The van der Waals surface area contributed by atoms with Gasteiger partial charge in [0.15, 0.2) is 11.6 Å². The molecule has 3 nitrogen and oxygen atoms in total. The van der Waals surface area contributed by atoms with E-state index >= 15 is 0 Å². The third kappa shape index (κ3) is 2.83. The second kappa shape index (κ2) is 6.25. The third-order valence-electron chi connectivity index (χ3n) is 3.03. The molecule has 0 radical (unpaired) electrons. The number of rotatable bonds is 5. The van der Waals surface area contributed by atoms with E-state index in [1.54, 1.807) is 24.3 Å². The number of aliphatic hydroxyl groups is 1. The van der Waals surface area contributed by atoms with Gasteiger partial charge in [-0.15, -0.1) is 0 Å². The molecule has 0 saturated heterocycles. The van der Waals surface area contributed by atoms with Crippen LogP contribution in [-0.2, 0) is 4.79 Å². The quantitative estimate of drug-likeness (QED) is 0.825. The Labute approximate surface area is 114 Å². The van der Waals surface area contributed by atoms with E-state index in [1.165, 1.54) is 12.1 Å². The highest BCUT2D eigenvalue weighted by molar-refractivity contribution is 5.64. The van der Waals surface area contributed by atoms with E-state index in [4.69, 9.17) is 5.11 Å². The zero-order valence-electron chi connectivity index (χ0n) is 10.5. The van der Waals surface area contributed by atoms with Gasteiger partial charge in [-0.2, -0.15) is 0 Å². The molecule has 2 N–H and O–H groups in total. The Morgan fingerprint density at radius 1 is 1.15 bits per heavy atom. The smallest absolute Gasteiger partial charge is 0.207 e. The van der Waals surface area contributed by atoms with Crippen molar-refractivity contribution in [3.8, 4) is 11.1 Å². The number of nitrogens with one attached hydrogen (secondary N) is 1. The largest absolute Gasteiger partial charge is 0.394 e. The van der Waals surface area contributed by atoms with E-state index in [9.17, 15) is 13.6 Å². The van der Waals surface area contributed by atoms with Crippen molar-refractivity contribution in [2.75, 3.05) is 6.61 Å². The van der Waals surface area contributed by atoms with Crippen LogP contribution in [0.15, 0.2) is 42.5 Å². The summed E-state index contributed by atoms with van der Waals surface area (Å²) >= 11 is 0. The number of benzene rings is 2. The lowest BCUT2D eigenvalue weighted by molar-refractivity contribution is -0.110. The van der Waals surface area contributed by atoms with E-state index in [-0.39, 0.29) is 12.2 Å². The summed E-state index contributed by atoms with van der Waals surface area (Å²) in [7, 11) is 0. The average Bonchev–Trinajstić information content (AvgIpc) is 2.48. The number of hydrogen-bond acceptors (Lipinski definition) is 2. The van der Waals surface area contributed by atoms with Crippen LogP contribution in [0.5, 0.6) is 0 Å². The zero-order valence-corrected chi connectivity index (χ0v) is 10.5. The maximum atomic E-state index is 13.7. The van der Waals surface area contributed by atoms with Gasteiger partial charge < -0.3 is 10.4 Å². The average molecular weight is 277 g/mol. The predicted octanol–water partition coefficient (Wildman–Crippen LogP) is 2.41. The molecule has 2 rings (SSSR count). The Morgan fingerprint density at radius 3 is 2.45 bits per heavy atom. The lowest BCUT2D eigenvalue weighted by Gasteiger charge is -2.14. The SMILES string of the molecule is O=CN[C@@H](CO)c1ccc(-c2cccc(F)c2F)cc1. The van der Waals surface area contributed by atoms with Crippen LogP contribution in [0, 0.1) is 11.6 Å². The standard InChI is InChI=1S/C15H13F2NO2/c16-13-3-1-2-12(15(13)17)10-4-6-11(7-5-10)14(8-19)18-9-20/h1-7,9,14,19H,8H2,(H,18,20)/t14-/m0/s1. The van der Waals surface area contributed by atoms with Gasteiger partial charge in [0.1, 0.15) is 0 Å². The summed E-state index contributed by atoms with van der Waals surface area (Å²) in [6.45, 7) is -0.244. The van der Waals surface area contributed by atoms with Crippen molar-refractivity contribution in [1.82, 2.24) is 5.32 Å². The van der Waals surface area contributed by atoms with Crippen LogP contribution in [0.4, 0.5) is 8.78 Å². The summed E-state index contributed by atoms with van der Waals surface area (Å²) < 4.78 is 26.8. The van der Waals surface area contributed by atoms with Crippen molar-refractivity contribution in [1.29, 1.82) is 0 Å². The normalized spacial score (nSPS) is 11.9. The number of halogens is 2. The molecule has 5 heteroatoms. The van der Waals surface area contributed by atoms with Crippen molar-refractivity contribution >= 4 is 6.41 Å². The molecule has 1 amide bonds. The monoisotopic (exact) mass is 277 g/mol. The zero-order chi connectivity index (χ0) is 14.5. The Hall–Kier alpha value is -2.27. The molecular formula is C15H13F2NO2. The molecule has 0 aliphatic rings. The molecule has 0 spiro atoms. The first kappa shape index (κ1) is 14.1. The van der Waals surface area contributed by atoms with Gasteiger partial charge in [0.05, 0.1) is 12.6 Å². The summed E-state index contributed by atoms with van der Waals surface area (Å²) in [6, 6.07) is 9.99. The molecule has 2 aromatic rings. The van der Waals surface area contributed by atoms with E-state index < -0.39 is 17.7 Å². The first-order valence-electron chi connectivity index (χ1n) is 6.02. The van der Waals surface area contributed by atoms with Crippen molar-refractivity contribution < 1.29 is 18.7 Å². The molecule has 104 valence electrons. The van der Waals surface area contributed by atoms with Gasteiger partial charge in [0.2, 0.25) is 6.41 Å². The highest BCUT2D eigenvalue weighted by Crippen LogP contribution is 2.25. The van der Waals surface area contributed by atoms with Crippen LogP contribution in [0.25, 0.3) is 11.1 Å². The summed E-state index contributed by atoms with van der Waals surface area (Å²) in [6.07, 6.45) is 0.501. The fourth-order valence-electron chi connectivity index (χ4n) is 1.96. The second-order valence-electron chi connectivity index (χ2n) is 4.24. The molecule has 0 aliphatic heterocycles. The van der Waals surface area contributed by atoms with Gasteiger partial charge >= 0.3 is 0 Å². The predicted molar refractivity (Wildman–Crippen MR) is 70.8 cm³/mol.